The van der Waals surface area contributed by atoms with Gasteiger partial charge < -0.3 is 10.1 Å². The number of ether oxygens (including phenoxy) is 1. The van der Waals surface area contributed by atoms with Gasteiger partial charge in [-0.1, -0.05) is 20.8 Å². The third kappa shape index (κ3) is 4.41. The van der Waals surface area contributed by atoms with Crippen molar-refractivity contribution in [3.05, 3.63) is 35.9 Å². The Balaban J connectivity index is 0.00000116. The maximum Gasteiger partial charge on any atom is 0.213 e. The van der Waals surface area contributed by atoms with Gasteiger partial charge in [-0.05, 0) is 25.5 Å². The molecule has 0 fully saturated rings. The second-order valence-corrected chi connectivity index (χ2v) is 4.46. The lowest BCUT2D eigenvalue weighted by atomic mass is 10.1. The van der Waals surface area contributed by atoms with E-state index in [1.807, 2.05) is 26.8 Å². The van der Waals surface area contributed by atoms with Crippen LogP contribution < -0.4 is 10.1 Å². The normalized spacial score (nSPS) is 9.73. The lowest BCUT2D eigenvalue weighted by Gasteiger charge is -2.13. The van der Waals surface area contributed by atoms with Crippen molar-refractivity contribution in [2.45, 2.75) is 34.1 Å². The third-order valence-corrected chi connectivity index (χ3v) is 2.96. The minimum absolute atomic E-state index is 0.364. The smallest absolute Gasteiger partial charge is 0.213 e. The van der Waals surface area contributed by atoms with Crippen LogP contribution >= 0.6 is 0 Å². The first-order chi connectivity index (χ1) is 10.7. The van der Waals surface area contributed by atoms with Gasteiger partial charge in [-0.15, -0.1) is 0 Å². The molecule has 0 bridgehead atoms. The van der Waals surface area contributed by atoms with Crippen molar-refractivity contribution >= 4 is 5.82 Å². The molecule has 0 unspecified atom stereocenters. The van der Waals surface area contributed by atoms with Crippen molar-refractivity contribution < 1.29 is 9.13 Å². The molecule has 0 aromatic carbocycles. The lowest BCUT2D eigenvalue weighted by Crippen LogP contribution is -2.05. The van der Waals surface area contributed by atoms with Gasteiger partial charge in [0.25, 0.3) is 0 Å². The van der Waals surface area contributed by atoms with Crippen molar-refractivity contribution in [2.75, 3.05) is 19.0 Å². The number of halogens is 1. The summed E-state index contributed by atoms with van der Waals surface area (Å²) in [7, 11) is 1.57. The molecule has 0 aliphatic carbocycles. The molecule has 1 N–H and O–H groups in total. The molecule has 0 amide bonds. The van der Waals surface area contributed by atoms with E-state index in [0.717, 1.165) is 24.2 Å². The predicted molar refractivity (Wildman–Crippen MR) is 88.8 cm³/mol. The van der Waals surface area contributed by atoms with Crippen LogP contribution in [0.25, 0.3) is 11.1 Å². The summed E-state index contributed by atoms with van der Waals surface area (Å²) >= 11 is 0. The number of aryl methyl sites for hydroxylation is 1. The van der Waals surface area contributed by atoms with Crippen LogP contribution in [0.2, 0.25) is 0 Å². The van der Waals surface area contributed by atoms with E-state index in [-0.39, 0.29) is 5.82 Å². The van der Waals surface area contributed by atoms with Crippen LogP contribution in [-0.2, 0) is 0 Å². The standard InChI is InChI=1S/C15H18FN3O.C2H6/c1-4-7-17-15-13(8-11(16)9-18-15)12-5-6-14(20-3)19-10(12)2;1-2/h5-6,8-9H,4,7H2,1-3H3,(H,17,18);1-2H3. The van der Waals surface area contributed by atoms with Crippen LogP contribution in [-0.4, -0.2) is 23.6 Å². The lowest BCUT2D eigenvalue weighted by molar-refractivity contribution is 0.397. The Bertz CT molecular complexity index is 602. The Morgan fingerprint density at radius 2 is 1.95 bits per heavy atom. The van der Waals surface area contributed by atoms with E-state index in [1.54, 1.807) is 13.2 Å². The summed E-state index contributed by atoms with van der Waals surface area (Å²) in [6.07, 6.45) is 2.19. The maximum atomic E-state index is 13.5. The number of anilines is 1. The minimum Gasteiger partial charge on any atom is -0.481 e. The van der Waals surface area contributed by atoms with Crippen molar-refractivity contribution in [3.8, 4) is 17.0 Å². The fraction of sp³-hybridized carbons (Fsp3) is 0.412. The zero-order valence-corrected chi connectivity index (χ0v) is 13.9. The third-order valence-electron chi connectivity index (χ3n) is 2.96. The first-order valence-electron chi connectivity index (χ1n) is 7.57. The topological polar surface area (TPSA) is 47.0 Å². The van der Waals surface area contributed by atoms with E-state index in [1.165, 1.54) is 12.3 Å². The van der Waals surface area contributed by atoms with Gasteiger partial charge in [0, 0.05) is 29.4 Å². The van der Waals surface area contributed by atoms with Gasteiger partial charge in [0.1, 0.15) is 11.6 Å². The Hall–Kier alpha value is -2.17. The molecule has 2 aromatic heterocycles. The number of hydrogen-bond donors (Lipinski definition) is 1. The molecule has 4 nitrogen and oxygen atoms in total. The van der Waals surface area contributed by atoms with Crippen LogP contribution in [0.15, 0.2) is 24.4 Å². The second-order valence-electron chi connectivity index (χ2n) is 4.46. The SMILES string of the molecule is CC.CCCNc1ncc(F)cc1-c1ccc(OC)nc1C. The number of pyridine rings is 2. The Labute approximate surface area is 131 Å². The van der Waals surface area contributed by atoms with E-state index < -0.39 is 0 Å². The number of nitrogens with zero attached hydrogens (tertiary/aromatic N) is 2. The average molecular weight is 305 g/mol. The molecule has 0 aliphatic rings. The van der Waals surface area contributed by atoms with Crippen molar-refractivity contribution in [3.63, 3.8) is 0 Å². The first-order valence-corrected chi connectivity index (χ1v) is 7.57. The molecule has 0 radical (unpaired) electrons. The van der Waals surface area contributed by atoms with Gasteiger partial charge >= 0.3 is 0 Å². The number of aromatic nitrogens is 2. The molecule has 120 valence electrons. The summed E-state index contributed by atoms with van der Waals surface area (Å²) in [6.45, 7) is 8.72. The maximum absolute atomic E-state index is 13.5. The number of nitrogens with one attached hydrogen (secondary N) is 1. The Morgan fingerprint density at radius 3 is 2.55 bits per heavy atom. The molecule has 0 spiro atoms. The van der Waals surface area contributed by atoms with Crippen molar-refractivity contribution in [1.29, 1.82) is 0 Å². The molecule has 0 saturated heterocycles. The van der Waals surface area contributed by atoms with Gasteiger partial charge in [0.15, 0.2) is 0 Å². The quantitative estimate of drug-likeness (QED) is 0.886. The van der Waals surface area contributed by atoms with Crippen LogP contribution in [0.1, 0.15) is 32.9 Å². The zero-order chi connectivity index (χ0) is 16.5. The summed E-state index contributed by atoms with van der Waals surface area (Å²) in [5, 5.41) is 3.21. The van der Waals surface area contributed by atoms with Gasteiger partial charge in [0.2, 0.25) is 5.88 Å². The molecule has 22 heavy (non-hydrogen) atoms. The van der Waals surface area contributed by atoms with E-state index in [4.69, 9.17) is 4.74 Å². The Morgan fingerprint density at radius 1 is 1.23 bits per heavy atom. The van der Waals surface area contributed by atoms with E-state index in [9.17, 15) is 4.39 Å². The van der Waals surface area contributed by atoms with Gasteiger partial charge in [0.05, 0.1) is 13.3 Å². The molecular formula is C17H24FN3O. The number of hydrogen-bond acceptors (Lipinski definition) is 4. The highest BCUT2D eigenvalue weighted by atomic mass is 19.1. The summed E-state index contributed by atoms with van der Waals surface area (Å²) in [4.78, 5) is 8.45. The Kier molecular flexibility index (Phi) is 7.29. The molecule has 0 atom stereocenters. The predicted octanol–water partition coefficient (Wildman–Crippen LogP) is 4.45. The van der Waals surface area contributed by atoms with E-state index in [2.05, 4.69) is 22.2 Å². The fourth-order valence-corrected chi connectivity index (χ4v) is 1.97. The first kappa shape index (κ1) is 17.9. The highest BCUT2D eigenvalue weighted by Gasteiger charge is 2.12. The minimum atomic E-state index is -0.364. The molecule has 5 heteroatoms. The summed E-state index contributed by atoms with van der Waals surface area (Å²) < 4.78 is 18.6. The van der Waals surface area contributed by atoms with E-state index >= 15 is 0 Å². The van der Waals surface area contributed by atoms with Crippen molar-refractivity contribution in [1.82, 2.24) is 9.97 Å². The molecule has 0 saturated carbocycles. The monoisotopic (exact) mass is 305 g/mol. The molecule has 2 heterocycles. The van der Waals surface area contributed by atoms with Gasteiger partial charge in [-0.25, -0.2) is 14.4 Å². The second kappa shape index (κ2) is 8.97. The summed E-state index contributed by atoms with van der Waals surface area (Å²) in [6, 6.07) is 5.10. The zero-order valence-electron chi connectivity index (χ0n) is 13.9. The molecule has 2 aromatic rings. The highest BCUT2D eigenvalue weighted by molar-refractivity contribution is 5.76. The summed E-state index contributed by atoms with van der Waals surface area (Å²) in [5.41, 5.74) is 2.33. The van der Waals surface area contributed by atoms with Crippen LogP contribution in [0.3, 0.4) is 0 Å². The highest BCUT2D eigenvalue weighted by Crippen LogP contribution is 2.30. The van der Waals surface area contributed by atoms with Crippen molar-refractivity contribution in [2.24, 2.45) is 0 Å². The largest absolute Gasteiger partial charge is 0.481 e. The van der Waals surface area contributed by atoms with Crippen LogP contribution in [0, 0.1) is 12.7 Å². The number of methoxy groups -OCH3 is 1. The van der Waals surface area contributed by atoms with Gasteiger partial charge in [-0.3, -0.25) is 0 Å². The fourth-order valence-electron chi connectivity index (χ4n) is 1.97. The molecule has 0 aliphatic heterocycles. The number of rotatable bonds is 5. The van der Waals surface area contributed by atoms with Gasteiger partial charge in [-0.2, -0.15) is 0 Å². The average Bonchev–Trinajstić information content (AvgIpc) is 2.55. The van der Waals surface area contributed by atoms with Crippen LogP contribution in [0.5, 0.6) is 5.88 Å². The van der Waals surface area contributed by atoms with E-state index in [0.29, 0.717) is 17.3 Å². The summed E-state index contributed by atoms with van der Waals surface area (Å²) in [5.74, 6) is 0.847. The molecule has 2 rings (SSSR count). The van der Waals surface area contributed by atoms with Crippen LogP contribution in [0.4, 0.5) is 10.2 Å². The molecular weight excluding hydrogens is 281 g/mol.